The number of fused-ring (bicyclic) bond motifs is 1. The molecule has 0 radical (unpaired) electrons. The Bertz CT molecular complexity index is 1080. The van der Waals surface area contributed by atoms with E-state index in [-0.39, 0.29) is 35.7 Å². The number of aromatic nitrogens is 3. The Kier molecular flexibility index (Phi) is 7.02. The second-order valence-electron chi connectivity index (χ2n) is 10.4. The molecule has 0 spiro atoms. The molecule has 3 aliphatic carbocycles. The summed E-state index contributed by atoms with van der Waals surface area (Å²) in [6.45, 7) is 0. The van der Waals surface area contributed by atoms with Crippen molar-refractivity contribution in [2.45, 2.75) is 88.6 Å². The van der Waals surface area contributed by atoms with Crippen molar-refractivity contribution in [2.24, 2.45) is 11.8 Å². The van der Waals surface area contributed by atoms with Crippen molar-refractivity contribution in [3.05, 3.63) is 23.7 Å². The van der Waals surface area contributed by atoms with Crippen LogP contribution in [0.5, 0.6) is 0 Å². The molecule has 2 aromatic heterocycles. The molecule has 5 rings (SSSR count). The number of carbonyl (C=O) groups is 3. The van der Waals surface area contributed by atoms with E-state index >= 15 is 0 Å². The maximum atomic E-state index is 13.4. The molecule has 3 saturated carbocycles. The fourth-order valence-corrected chi connectivity index (χ4v) is 5.67. The molecule has 0 bridgehead atoms. The molecule has 9 nitrogen and oxygen atoms in total. The number of nitrogens with one attached hydrogen (secondary N) is 3. The average molecular weight is 482 g/mol. The Hall–Kier alpha value is -2.97. The molecule has 2 heterocycles. The lowest BCUT2D eigenvalue weighted by Gasteiger charge is -2.33. The van der Waals surface area contributed by atoms with E-state index < -0.39 is 6.04 Å². The number of methoxy groups -OCH3 is 1. The highest BCUT2D eigenvalue weighted by Crippen LogP contribution is 2.39. The Morgan fingerprint density at radius 2 is 1.77 bits per heavy atom. The molecule has 2 amide bonds. The van der Waals surface area contributed by atoms with Crippen LogP contribution in [0.4, 0.5) is 0 Å². The second-order valence-corrected chi connectivity index (χ2v) is 10.4. The summed E-state index contributed by atoms with van der Waals surface area (Å²) in [4.78, 5) is 50.9. The number of aromatic amines is 1. The van der Waals surface area contributed by atoms with Crippen molar-refractivity contribution >= 4 is 28.9 Å². The van der Waals surface area contributed by atoms with E-state index in [0.29, 0.717) is 35.5 Å². The molecule has 188 valence electrons. The minimum absolute atomic E-state index is 0.00598. The van der Waals surface area contributed by atoms with Crippen LogP contribution in [0.3, 0.4) is 0 Å². The van der Waals surface area contributed by atoms with Gasteiger partial charge in [0.15, 0.2) is 5.65 Å². The van der Waals surface area contributed by atoms with Gasteiger partial charge in [-0.1, -0.05) is 19.3 Å². The van der Waals surface area contributed by atoms with Gasteiger partial charge < -0.3 is 20.4 Å². The van der Waals surface area contributed by atoms with Crippen LogP contribution in [0, 0.1) is 11.8 Å². The van der Waals surface area contributed by atoms with Crippen LogP contribution < -0.4 is 10.6 Å². The molecule has 3 N–H and O–H groups in total. The molecular formula is C26H35N5O4. The number of esters is 1. The first kappa shape index (κ1) is 23.8. The van der Waals surface area contributed by atoms with Gasteiger partial charge in [-0.2, -0.15) is 0 Å². The Labute approximate surface area is 205 Å². The van der Waals surface area contributed by atoms with Crippen molar-refractivity contribution < 1.29 is 19.1 Å². The van der Waals surface area contributed by atoms with Crippen molar-refractivity contribution in [1.29, 1.82) is 0 Å². The highest BCUT2D eigenvalue weighted by Gasteiger charge is 2.35. The molecule has 2 aromatic rings. The maximum Gasteiger partial charge on any atom is 0.308 e. The van der Waals surface area contributed by atoms with Gasteiger partial charge in [-0.05, 0) is 57.3 Å². The van der Waals surface area contributed by atoms with Gasteiger partial charge in [-0.3, -0.25) is 14.4 Å². The van der Waals surface area contributed by atoms with Crippen molar-refractivity contribution in [3.8, 4) is 0 Å². The third-order valence-corrected chi connectivity index (χ3v) is 7.94. The number of hydrogen-bond acceptors (Lipinski definition) is 6. The summed E-state index contributed by atoms with van der Waals surface area (Å²) < 4.78 is 4.87. The summed E-state index contributed by atoms with van der Waals surface area (Å²) >= 11 is 0. The van der Waals surface area contributed by atoms with Gasteiger partial charge in [0.25, 0.3) is 5.91 Å². The normalized spacial score (nSPS) is 24.0. The maximum absolute atomic E-state index is 13.4. The number of ether oxygens (including phenoxy) is 1. The zero-order chi connectivity index (χ0) is 24.4. The SMILES string of the molecule is COC(=O)[C@H]1CC[C@H](NC(=O)C(NC(=O)c2c[nH]c3ncc(C4CC4)nc23)C2CCCCC2)CC1. The Balaban J connectivity index is 1.29. The van der Waals surface area contributed by atoms with Crippen LogP contribution in [-0.4, -0.2) is 51.9 Å². The third-order valence-electron chi connectivity index (χ3n) is 7.94. The average Bonchev–Trinajstić information content (AvgIpc) is 3.66. The minimum atomic E-state index is -0.592. The molecule has 1 unspecified atom stereocenters. The van der Waals surface area contributed by atoms with E-state index in [0.717, 1.165) is 63.5 Å². The molecule has 1 atom stereocenters. The summed E-state index contributed by atoms with van der Waals surface area (Å²) in [5.74, 6) is -0.139. The number of hydrogen-bond donors (Lipinski definition) is 3. The van der Waals surface area contributed by atoms with Gasteiger partial charge in [-0.25, -0.2) is 9.97 Å². The van der Waals surface area contributed by atoms with E-state index in [4.69, 9.17) is 9.72 Å². The van der Waals surface area contributed by atoms with Crippen molar-refractivity contribution in [3.63, 3.8) is 0 Å². The first-order valence-corrected chi connectivity index (χ1v) is 13.1. The standard InChI is InChI=1S/C26H35N5O4/c1-35-26(34)17-9-11-18(12-10-17)29-25(33)21(16-5-3-2-4-6-16)31-24(32)19-13-27-23-22(19)30-20(14-28-23)15-7-8-15/h13-18,21H,2-12H2,1H3,(H,27,28)(H,29,33)(H,31,32)/t17-,18-,21?. The molecule has 0 aliphatic heterocycles. The lowest BCUT2D eigenvalue weighted by Crippen LogP contribution is -2.54. The summed E-state index contributed by atoms with van der Waals surface area (Å²) in [5.41, 5.74) is 2.51. The lowest BCUT2D eigenvalue weighted by molar-refractivity contribution is -0.146. The highest BCUT2D eigenvalue weighted by atomic mass is 16.5. The van der Waals surface area contributed by atoms with E-state index in [9.17, 15) is 14.4 Å². The number of amides is 2. The molecule has 0 aromatic carbocycles. The Morgan fingerprint density at radius 3 is 2.46 bits per heavy atom. The number of nitrogens with zero attached hydrogens (tertiary/aromatic N) is 2. The predicted octanol–water partition coefficient (Wildman–Crippen LogP) is 3.36. The van der Waals surface area contributed by atoms with Crippen LogP contribution in [0.15, 0.2) is 12.4 Å². The second kappa shape index (κ2) is 10.3. The fourth-order valence-electron chi connectivity index (χ4n) is 5.67. The number of H-pyrrole nitrogens is 1. The minimum Gasteiger partial charge on any atom is -0.469 e. The molecule has 35 heavy (non-hydrogen) atoms. The fraction of sp³-hybridized carbons (Fsp3) is 0.654. The summed E-state index contributed by atoms with van der Waals surface area (Å²) in [6.07, 6.45) is 13.7. The first-order chi connectivity index (χ1) is 17.0. The topological polar surface area (TPSA) is 126 Å². The largest absolute Gasteiger partial charge is 0.469 e. The molecule has 9 heteroatoms. The van der Waals surface area contributed by atoms with Gasteiger partial charge in [-0.15, -0.1) is 0 Å². The van der Waals surface area contributed by atoms with Crippen LogP contribution in [0.2, 0.25) is 0 Å². The van der Waals surface area contributed by atoms with E-state index in [1.54, 1.807) is 12.4 Å². The lowest BCUT2D eigenvalue weighted by atomic mass is 9.82. The summed E-state index contributed by atoms with van der Waals surface area (Å²) in [6, 6.07) is -0.586. The van der Waals surface area contributed by atoms with E-state index in [1.165, 1.54) is 7.11 Å². The van der Waals surface area contributed by atoms with Crippen LogP contribution >= 0.6 is 0 Å². The van der Waals surface area contributed by atoms with Gasteiger partial charge in [0.05, 0.1) is 30.5 Å². The number of carbonyl (C=O) groups excluding carboxylic acids is 3. The quantitative estimate of drug-likeness (QED) is 0.521. The molecule has 3 aliphatic rings. The van der Waals surface area contributed by atoms with Gasteiger partial charge >= 0.3 is 5.97 Å². The Morgan fingerprint density at radius 1 is 1.03 bits per heavy atom. The summed E-state index contributed by atoms with van der Waals surface area (Å²) in [7, 11) is 1.42. The van der Waals surface area contributed by atoms with Crippen LogP contribution in [0.1, 0.15) is 92.6 Å². The summed E-state index contributed by atoms with van der Waals surface area (Å²) in [5, 5.41) is 6.23. The van der Waals surface area contributed by atoms with Crippen molar-refractivity contribution in [1.82, 2.24) is 25.6 Å². The molecule has 0 saturated heterocycles. The van der Waals surface area contributed by atoms with Crippen molar-refractivity contribution in [2.75, 3.05) is 7.11 Å². The van der Waals surface area contributed by atoms with Gasteiger partial charge in [0.2, 0.25) is 5.91 Å². The zero-order valence-electron chi connectivity index (χ0n) is 20.3. The van der Waals surface area contributed by atoms with Gasteiger partial charge in [0.1, 0.15) is 11.6 Å². The van der Waals surface area contributed by atoms with E-state index in [1.807, 2.05) is 0 Å². The zero-order valence-corrected chi connectivity index (χ0v) is 20.3. The monoisotopic (exact) mass is 481 g/mol. The van der Waals surface area contributed by atoms with Gasteiger partial charge in [0, 0.05) is 18.2 Å². The smallest absolute Gasteiger partial charge is 0.308 e. The first-order valence-electron chi connectivity index (χ1n) is 13.1. The predicted molar refractivity (Wildman–Crippen MR) is 130 cm³/mol. The molecule has 3 fully saturated rings. The van der Waals surface area contributed by atoms with Crippen LogP contribution in [-0.2, 0) is 14.3 Å². The number of rotatable bonds is 7. The molecular weight excluding hydrogens is 446 g/mol. The third kappa shape index (κ3) is 5.33. The highest BCUT2D eigenvalue weighted by molar-refractivity contribution is 6.06. The van der Waals surface area contributed by atoms with Crippen LogP contribution in [0.25, 0.3) is 11.2 Å². The van der Waals surface area contributed by atoms with E-state index in [2.05, 4.69) is 20.6 Å².